The van der Waals surface area contributed by atoms with Gasteiger partial charge in [-0.05, 0) is 0 Å². The summed E-state index contributed by atoms with van der Waals surface area (Å²) in [6, 6.07) is 8.95. The van der Waals surface area contributed by atoms with Crippen molar-refractivity contribution < 1.29 is 0 Å². The topological polar surface area (TPSA) is 0 Å². The molecule has 0 aliphatic heterocycles. The standard InChI is InChI=1S/C14H11.2CH3.Sn/c1-2-6-11(5-1)14-9-12-7-3-4-8-13(12)10-14;;;/h1-5,7-10H,6H2;2*1H3;. The summed E-state index contributed by atoms with van der Waals surface area (Å²) in [4.78, 5) is 5.04. The number of hydrogen-bond donors (Lipinski definition) is 0. The number of hydrogen-bond acceptors (Lipinski definition) is 0. The second-order valence-corrected chi connectivity index (χ2v) is 12.9. The Morgan fingerprint density at radius 3 is 2.71 bits per heavy atom. The van der Waals surface area contributed by atoms with Crippen LogP contribution in [0.4, 0.5) is 0 Å². The van der Waals surface area contributed by atoms with Crippen LogP contribution in [0.3, 0.4) is 0 Å². The van der Waals surface area contributed by atoms with Gasteiger partial charge in [-0.15, -0.1) is 0 Å². The first-order chi connectivity index (χ1) is 8.27. The zero-order valence-corrected chi connectivity index (χ0v) is 13.3. The molecule has 1 radical (unpaired) electrons. The molecule has 2 aliphatic carbocycles. The van der Waals surface area contributed by atoms with Gasteiger partial charge in [0.05, 0.1) is 0 Å². The van der Waals surface area contributed by atoms with E-state index >= 15 is 0 Å². The summed E-state index contributed by atoms with van der Waals surface area (Å²) in [5.41, 5.74) is 6.22. The Morgan fingerprint density at radius 2 is 2.00 bits per heavy atom. The normalized spacial score (nSPS) is 21.7. The maximum atomic E-state index is 2.52. The molecule has 0 heterocycles. The number of allylic oxidation sites excluding steroid dienone is 5. The van der Waals surface area contributed by atoms with E-state index in [1.54, 1.807) is 16.7 Å². The molecule has 0 saturated carbocycles. The van der Waals surface area contributed by atoms with Crippen LogP contribution in [-0.2, 0) is 0 Å². The van der Waals surface area contributed by atoms with Crippen molar-refractivity contribution in [2.24, 2.45) is 0 Å². The average Bonchev–Trinajstić information content (AvgIpc) is 2.95. The molecule has 1 atom stereocenters. The Morgan fingerprint density at radius 1 is 1.18 bits per heavy atom. The summed E-state index contributed by atoms with van der Waals surface area (Å²) in [7, 11) is 0. The molecule has 0 saturated heterocycles. The van der Waals surface area contributed by atoms with E-state index in [-0.39, 0.29) is 0 Å². The number of benzene rings is 1. The molecular formula is C16H17Sn. The molecule has 0 bridgehead atoms. The first-order valence-electron chi connectivity index (χ1n) is 6.24. The molecule has 0 aromatic heterocycles. The predicted molar refractivity (Wildman–Crippen MR) is 76.5 cm³/mol. The van der Waals surface area contributed by atoms with Crippen molar-refractivity contribution in [2.45, 2.75) is 20.2 Å². The molecule has 0 nitrogen and oxygen atoms in total. The third kappa shape index (κ3) is 1.93. The SMILES string of the molecule is [CH3][Sn]([CH3])[CH]1C(C2=CC=CC2)=Cc2ccccc21. The Hall–Kier alpha value is -0.761. The fourth-order valence-corrected chi connectivity index (χ4v) is 7.95. The van der Waals surface area contributed by atoms with Crippen molar-refractivity contribution in [2.75, 3.05) is 0 Å². The Balaban J connectivity index is 2.06. The predicted octanol–water partition coefficient (Wildman–Crippen LogP) is 4.35. The van der Waals surface area contributed by atoms with E-state index in [1.807, 2.05) is 0 Å². The zero-order chi connectivity index (χ0) is 11.8. The van der Waals surface area contributed by atoms with Gasteiger partial charge in [-0.25, -0.2) is 0 Å². The zero-order valence-electron chi connectivity index (χ0n) is 10.4. The van der Waals surface area contributed by atoms with Gasteiger partial charge in [0.25, 0.3) is 0 Å². The van der Waals surface area contributed by atoms with Gasteiger partial charge in [0.2, 0.25) is 0 Å². The molecule has 85 valence electrons. The van der Waals surface area contributed by atoms with Gasteiger partial charge in [0.15, 0.2) is 0 Å². The summed E-state index contributed by atoms with van der Waals surface area (Å²) in [6.07, 6.45) is 10.3. The molecule has 1 aromatic carbocycles. The van der Waals surface area contributed by atoms with Crippen LogP contribution in [0, 0.1) is 0 Å². The fourth-order valence-electron chi connectivity index (χ4n) is 2.89. The Bertz CT molecular complexity index is 532. The quantitative estimate of drug-likeness (QED) is 0.708. The van der Waals surface area contributed by atoms with Crippen LogP contribution in [0.5, 0.6) is 0 Å². The molecular weight excluding hydrogens is 311 g/mol. The second kappa shape index (κ2) is 4.49. The summed E-state index contributed by atoms with van der Waals surface area (Å²) < 4.78 is 0.778. The molecule has 0 fully saturated rings. The Kier molecular flexibility index (Phi) is 2.99. The minimum absolute atomic E-state index is 0.778. The van der Waals surface area contributed by atoms with E-state index in [0.29, 0.717) is 0 Å². The average molecular weight is 328 g/mol. The molecule has 2 aliphatic rings. The third-order valence-corrected chi connectivity index (χ3v) is 8.72. The van der Waals surface area contributed by atoms with E-state index in [4.69, 9.17) is 0 Å². The monoisotopic (exact) mass is 329 g/mol. The molecule has 1 aromatic rings. The van der Waals surface area contributed by atoms with Crippen molar-refractivity contribution >= 4 is 25.8 Å². The molecule has 17 heavy (non-hydrogen) atoms. The van der Waals surface area contributed by atoms with Crippen LogP contribution in [0.2, 0.25) is 9.88 Å². The van der Waals surface area contributed by atoms with Crippen LogP contribution in [0.15, 0.2) is 53.6 Å². The van der Waals surface area contributed by atoms with E-state index < -0.39 is 19.8 Å². The van der Waals surface area contributed by atoms with Gasteiger partial charge in [-0.2, -0.15) is 0 Å². The van der Waals surface area contributed by atoms with Gasteiger partial charge in [0.1, 0.15) is 0 Å². The van der Waals surface area contributed by atoms with Crippen LogP contribution in [-0.4, -0.2) is 19.8 Å². The molecule has 3 rings (SSSR count). The molecule has 0 N–H and O–H groups in total. The minimum atomic E-state index is -1.28. The van der Waals surface area contributed by atoms with E-state index in [9.17, 15) is 0 Å². The van der Waals surface area contributed by atoms with Crippen molar-refractivity contribution in [3.63, 3.8) is 0 Å². The first kappa shape index (κ1) is 11.3. The number of rotatable bonds is 2. The summed E-state index contributed by atoms with van der Waals surface area (Å²) in [5, 5.41) is 0. The van der Waals surface area contributed by atoms with Crippen molar-refractivity contribution in [1.82, 2.24) is 0 Å². The van der Waals surface area contributed by atoms with Gasteiger partial charge in [-0.3, -0.25) is 0 Å². The van der Waals surface area contributed by atoms with Gasteiger partial charge >= 0.3 is 111 Å². The maximum absolute atomic E-state index is 2.52. The van der Waals surface area contributed by atoms with Crippen LogP contribution < -0.4 is 0 Å². The summed E-state index contributed by atoms with van der Waals surface area (Å²) in [5.74, 6) is 0. The van der Waals surface area contributed by atoms with Crippen molar-refractivity contribution in [3.05, 3.63) is 64.8 Å². The first-order valence-corrected chi connectivity index (χ1v) is 13.6. The van der Waals surface area contributed by atoms with Gasteiger partial charge in [0, 0.05) is 0 Å². The van der Waals surface area contributed by atoms with E-state index in [1.165, 1.54) is 5.56 Å². The second-order valence-electron chi connectivity index (χ2n) is 5.06. The third-order valence-electron chi connectivity index (χ3n) is 3.65. The van der Waals surface area contributed by atoms with Gasteiger partial charge < -0.3 is 0 Å². The van der Waals surface area contributed by atoms with Gasteiger partial charge in [-0.1, -0.05) is 0 Å². The summed E-state index contributed by atoms with van der Waals surface area (Å²) in [6.45, 7) is 0. The molecule has 0 amide bonds. The van der Waals surface area contributed by atoms with E-state index in [0.717, 1.165) is 10.4 Å². The fraction of sp³-hybridized carbons (Fsp3) is 0.250. The summed E-state index contributed by atoms with van der Waals surface area (Å²) >= 11 is -1.28. The molecule has 1 heteroatoms. The molecule has 0 spiro atoms. The van der Waals surface area contributed by atoms with Crippen LogP contribution >= 0.6 is 0 Å². The Labute approximate surface area is 110 Å². The van der Waals surface area contributed by atoms with Crippen molar-refractivity contribution in [1.29, 1.82) is 0 Å². The van der Waals surface area contributed by atoms with Crippen LogP contribution in [0.1, 0.15) is 21.5 Å². The van der Waals surface area contributed by atoms with E-state index in [2.05, 4.69) is 58.4 Å². The number of fused-ring (bicyclic) bond motifs is 1. The van der Waals surface area contributed by atoms with Crippen molar-refractivity contribution in [3.8, 4) is 0 Å². The molecule has 1 unspecified atom stereocenters. The van der Waals surface area contributed by atoms with Crippen LogP contribution in [0.25, 0.3) is 6.08 Å².